The van der Waals surface area contributed by atoms with Crippen molar-refractivity contribution in [3.05, 3.63) is 24.0 Å². The molecule has 1 aromatic rings. The largest absolute Gasteiger partial charge is 0.397 e. The van der Waals surface area contributed by atoms with Crippen LogP contribution in [0.1, 0.15) is 31.4 Å². The lowest BCUT2D eigenvalue weighted by Crippen LogP contribution is -2.40. The SMILES string of the molecule is Nc1ccc(CC(=O)NC2CCCC(O)C2)nc1. The Kier molecular flexibility index (Phi) is 4.15. The van der Waals surface area contributed by atoms with Crippen LogP contribution in [-0.2, 0) is 11.2 Å². The zero-order valence-electron chi connectivity index (χ0n) is 10.3. The number of rotatable bonds is 3. The lowest BCUT2D eigenvalue weighted by Gasteiger charge is -2.26. The van der Waals surface area contributed by atoms with Crippen LogP contribution >= 0.6 is 0 Å². The van der Waals surface area contributed by atoms with Crippen molar-refractivity contribution in [2.45, 2.75) is 44.2 Å². The second-order valence-corrected chi connectivity index (χ2v) is 4.84. The van der Waals surface area contributed by atoms with Crippen LogP contribution in [0.2, 0.25) is 0 Å². The van der Waals surface area contributed by atoms with Gasteiger partial charge < -0.3 is 16.2 Å². The first-order valence-corrected chi connectivity index (χ1v) is 6.31. The number of hydrogen-bond donors (Lipinski definition) is 3. The van der Waals surface area contributed by atoms with E-state index in [0.717, 1.165) is 19.3 Å². The first kappa shape index (κ1) is 12.8. The highest BCUT2D eigenvalue weighted by Crippen LogP contribution is 2.18. The van der Waals surface area contributed by atoms with E-state index >= 15 is 0 Å². The van der Waals surface area contributed by atoms with E-state index in [1.54, 1.807) is 18.3 Å². The summed E-state index contributed by atoms with van der Waals surface area (Å²) in [5.74, 6) is -0.0497. The number of pyridine rings is 1. The van der Waals surface area contributed by atoms with Crippen LogP contribution in [0.25, 0.3) is 0 Å². The van der Waals surface area contributed by atoms with Gasteiger partial charge in [0.15, 0.2) is 0 Å². The maximum Gasteiger partial charge on any atom is 0.226 e. The Hall–Kier alpha value is -1.62. The third kappa shape index (κ3) is 3.70. The van der Waals surface area contributed by atoms with Gasteiger partial charge in [-0.1, -0.05) is 0 Å². The van der Waals surface area contributed by atoms with Gasteiger partial charge in [0, 0.05) is 11.7 Å². The van der Waals surface area contributed by atoms with Crippen LogP contribution in [-0.4, -0.2) is 28.1 Å². The fourth-order valence-corrected chi connectivity index (χ4v) is 2.28. The predicted octanol–water partition coefficient (Wildman–Crippen LogP) is 0.626. The normalized spacial score (nSPS) is 23.6. The molecule has 5 nitrogen and oxygen atoms in total. The summed E-state index contributed by atoms with van der Waals surface area (Å²) in [5.41, 5.74) is 6.83. The Bertz CT molecular complexity index is 405. The number of aliphatic hydroxyl groups excluding tert-OH is 1. The molecule has 1 fully saturated rings. The Morgan fingerprint density at radius 2 is 2.33 bits per heavy atom. The van der Waals surface area contributed by atoms with E-state index in [-0.39, 0.29) is 24.5 Å². The fourth-order valence-electron chi connectivity index (χ4n) is 2.28. The summed E-state index contributed by atoms with van der Waals surface area (Å²) in [7, 11) is 0. The Morgan fingerprint density at radius 1 is 1.50 bits per heavy atom. The summed E-state index contributed by atoms with van der Waals surface area (Å²) in [6, 6.07) is 3.58. The number of aromatic nitrogens is 1. The number of hydrogen-bond acceptors (Lipinski definition) is 4. The number of carbonyl (C=O) groups is 1. The van der Waals surface area contributed by atoms with Gasteiger partial charge in [0.2, 0.25) is 5.91 Å². The molecule has 1 saturated carbocycles. The monoisotopic (exact) mass is 249 g/mol. The first-order valence-electron chi connectivity index (χ1n) is 6.31. The summed E-state index contributed by atoms with van der Waals surface area (Å²) >= 11 is 0. The number of carbonyl (C=O) groups excluding carboxylic acids is 1. The average Bonchev–Trinajstić information content (AvgIpc) is 2.32. The third-order valence-electron chi connectivity index (χ3n) is 3.20. The highest BCUT2D eigenvalue weighted by atomic mass is 16.3. The van der Waals surface area contributed by atoms with Crippen LogP contribution in [0.5, 0.6) is 0 Å². The molecule has 0 bridgehead atoms. The number of anilines is 1. The van der Waals surface area contributed by atoms with E-state index < -0.39 is 0 Å². The molecule has 4 N–H and O–H groups in total. The number of aliphatic hydroxyl groups is 1. The van der Waals surface area contributed by atoms with Gasteiger partial charge in [-0.25, -0.2) is 0 Å². The summed E-state index contributed by atoms with van der Waals surface area (Å²) in [6.07, 6.45) is 4.93. The number of nitrogen functional groups attached to an aromatic ring is 1. The van der Waals surface area contributed by atoms with Crippen molar-refractivity contribution in [3.8, 4) is 0 Å². The maximum atomic E-state index is 11.8. The van der Waals surface area contributed by atoms with Crippen molar-refractivity contribution in [2.24, 2.45) is 0 Å². The fraction of sp³-hybridized carbons (Fsp3) is 0.538. The molecule has 0 spiro atoms. The molecule has 98 valence electrons. The van der Waals surface area contributed by atoms with Crippen LogP contribution in [0, 0.1) is 0 Å². The Balaban J connectivity index is 1.83. The molecular weight excluding hydrogens is 230 g/mol. The molecular formula is C13H19N3O2. The van der Waals surface area contributed by atoms with Gasteiger partial charge in [0.25, 0.3) is 0 Å². The number of nitrogens with two attached hydrogens (primary N) is 1. The first-order chi connectivity index (χ1) is 8.63. The van der Waals surface area contributed by atoms with Crippen LogP contribution in [0.3, 0.4) is 0 Å². The number of nitrogens with one attached hydrogen (secondary N) is 1. The van der Waals surface area contributed by atoms with Gasteiger partial charge in [-0.2, -0.15) is 0 Å². The topological polar surface area (TPSA) is 88.2 Å². The number of amides is 1. The lowest BCUT2D eigenvalue weighted by atomic mass is 9.93. The minimum Gasteiger partial charge on any atom is -0.397 e. The minimum atomic E-state index is -0.279. The molecule has 0 aromatic carbocycles. The van der Waals surface area contributed by atoms with Crippen molar-refractivity contribution in [2.75, 3.05) is 5.73 Å². The molecule has 0 aliphatic heterocycles. The quantitative estimate of drug-likeness (QED) is 0.733. The second-order valence-electron chi connectivity index (χ2n) is 4.84. The Labute approximate surface area is 106 Å². The molecule has 1 heterocycles. The van der Waals surface area contributed by atoms with E-state index in [2.05, 4.69) is 10.3 Å². The second kappa shape index (κ2) is 5.82. The van der Waals surface area contributed by atoms with E-state index in [4.69, 9.17) is 5.73 Å². The minimum absolute atomic E-state index is 0.0497. The molecule has 0 saturated heterocycles. The highest BCUT2D eigenvalue weighted by Gasteiger charge is 2.21. The van der Waals surface area contributed by atoms with Gasteiger partial charge >= 0.3 is 0 Å². The third-order valence-corrected chi connectivity index (χ3v) is 3.20. The molecule has 18 heavy (non-hydrogen) atoms. The van der Waals surface area contributed by atoms with Crippen LogP contribution in [0.4, 0.5) is 5.69 Å². The molecule has 5 heteroatoms. The van der Waals surface area contributed by atoms with Crippen LogP contribution < -0.4 is 11.1 Å². The van der Waals surface area contributed by atoms with E-state index in [1.165, 1.54) is 0 Å². The van der Waals surface area contributed by atoms with Gasteiger partial charge in [-0.15, -0.1) is 0 Å². The molecule has 1 aliphatic rings. The van der Waals surface area contributed by atoms with Gasteiger partial charge in [-0.05, 0) is 37.8 Å². The molecule has 2 rings (SSSR count). The molecule has 1 aromatic heterocycles. The molecule has 2 unspecified atom stereocenters. The lowest BCUT2D eigenvalue weighted by molar-refractivity contribution is -0.121. The van der Waals surface area contributed by atoms with E-state index in [0.29, 0.717) is 17.8 Å². The van der Waals surface area contributed by atoms with Gasteiger partial charge in [0.05, 0.1) is 24.4 Å². The maximum absolute atomic E-state index is 11.8. The van der Waals surface area contributed by atoms with Crippen LogP contribution in [0.15, 0.2) is 18.3 Å². The van der Waals surface area contributed by atoms with Crippen molar-refractivity contribution in [3.63, 3.8) is 0 Å². The van der Waals surface area contributed by atoms with Gasteiger partial charge in [-0.3, -0.25) is 9.78 Å². The van der Waals surface area contributed by atoms with Crippen molar-refractivity contribution in [1.82, 2.24) is 10.3 Å². The van der Waals surface area contributed by atoms with E-state index in [9.17, 15) is 9.90 Å². The summed E-state index contributed by atoms with van der Waals surface area (Å²) in [6.45, 7) is 0. The Morgan fingerprint density at radius 3 is 3.00 bits per heavy atom. The predicted molar refractivity (Wildman–Crippen MR) is 68.8 cm³/mol. The van der Waals surface area contributed by atoms with E-state index in [1.807, 2.05) is 0 Å². The standard InChI is InChI=1S/C13H19N3O2/c14-9-4-5-10(15-8-9)7-13(18)16-11-2-1-3-12(17)6-11/h4-5,8,11-12,17H,1-3,6-7,14H2,(H,16,18). The highest BCUT2D eigenvalue weighted by molar-refractivity contribution is 5.78. The van der Waals surface area contributed by atoms with Crippen molar-refractivity contribution in [1.29, 1.82) is 0 Å². The zero-order chi connectivity index (χ0) is 13.0. The average molecular weight is 249 g/mol. The molecule has 2 atom stereocenters. The number of nitrogens with zero attached hydrogens (tertiary/aromatic N) is 1. The summed E-state index contributed by atoms with van der Waals surface area (Å²) < 4.78 is 0. The summed E-state index contributed by atoms with van der Waals surface area (Å²) in [4.78, 5) is 15.9. The summed E-state index contributed by atoms with van der Waals surface area (Å²) in [5, 5.41) is 12.5. The molecule has 0 radical (unpaired) electrons. The smallest absolute Gasteiger partial charge is 0.226 e. The van der Waals surface area contributed by atoms with Crippen molar-refractivity contribution >= 4 is 11.6 Å². The molecule has 1 aliphatic carbocycles. The zero-order valence-corrected chi connectivity index (χ0v) is 10.3. The molecule has 1 amide bonds. The van der Waals surface area contributed by atoms with Crippen molar-refractivity contribution < 1.29 is 9.90 Å². The van der Waals surface area contributed by atoms with Gasteiger partial charge in [0.1, 0.15) is 0 Å².